The van der Waals surface area contributed by atoms with Gasteiger partial charge in [-0.3, -0.25) is 5.43 Å². The second-order valence-electron chi connectivity index (χ2n) is 3.52. The van der Waals surface area contributed by atoms with E-state index in [0.29, 0.717) is 5.11 Å². The Morgan fingerprint density at radius 3 is 2.76 bits per heavy atom. The first-order chi connectivity index (χ1) is 8.31. The molecule has 0 fully saturated rings. The lowest BCUT2D eigenvalue weighted by atomic mass is 10.1. The highest BCUT2D eigenvalue weighted by Crippen LogP contribution is 2.16. The largest absolute Gasteiger partial charge is 0.364 e. The van der Waals surface area contributed by atoms with Gasteiger partial charge >= 0.3 is 0 Å². The molecule has 3 nitrogen and oxygen atoms in total. The van der Waals surface area contributed by atoms with Crippen LogP contribution in [-0.4, -0.2) is 18.4 Å². The molecule has 0 saturated carbocycles. The fraction of sp³-hybridized carbons (Fsp3) is 0.0769. The monoisotopic (exact) mass is 243 g/mol. The smallest absolute Gasteiger partial charge is 0.186 e. The summed E-state index contributed by atoms with van der Waals surface area (Å²) in [5.74, 6) is 0. The summed E-state index contributed by atoms with van der Waals surface area (Å²) < 4.78 is 0. The van der Waals surface area contributed by atoms with Crippen molar-refractivity contribution in [1.82, 2.24) is 10.7 Å². The minimum atomic E-state index is 0.501. The van der Waals surface area contributed by atoms with Crippen LogP contribution >= 0.6 is 12.2 Å². The van der Waals surface area contributed by atoms with E-state index in [9.17, 15) is 0 Å². The van der Waals surface area contributed by atoms with Gasteiger partial charge < -0.3 is 5.32 Å². The minimum Gasteiger partial charge on any atom is -0.364 e. The Balaban J connectivity index is 2.27. The van der Waals surface area contributed by atoms with E-state index >= 15 is 0 Å². The van der Waals surface area contributed by atoms with Crippen molar-refractivity contribution in [3.8, 4) is 0 Å². The topological polar surface area (TPSA) is 36.4 Å². The first-order valence-corrected chi connectivity index (χ1v) is 5.70. The Morgan fingerprint density at radius 1 is 1.18 bits per heavy atom. The second-order valence-corrected chi connectivity index (χ2v) is 3.93. The highest BCUT2D eigenvalue weighted by atomic mass is 32.1. The average molecular weight is 243 g/mol. The van der Waals surface area contributed by atoms with Crippen molar-refractivity contribution in [3.63, 3.8) is 0 Å². The molecule has 0 aliphatic heterocycles. The molecule has 2 N–H and O–H groups in total. The maximum atomic E-state index is 4.93. The van der Waals surface area contributed by atoms with Crippen molar-refractivity contribution in [2.24, 2.45) is 5.10 Å². The average Bonchev–Trinajstić information content (AvgIpc) is 2.39. The van der Waals surface area contributed by atoms with E-state index in [-0.39, 0.29) is 0 Å². The molecule has 0 bridgehead atoms. The van der Waals surface area contributed by atoms with Crippen LogP contribution in [0.2, 0.25) is 0 Å². The quantitative estimate of drug-likeness (QED) is 0.482. The van der Waals surface area contributed by atoms with Crippen LogP contribution in [0.1, 0.15) is 5.56 Å². The maximum Gasteiger partial charge on any atom is 0.186 e. The van der Waals surface area contributed by atoms with Crippen LogP contribution in [0.3, 0.4) is 0 Å². The van der Waals surface area contributed by atoms with Gasteiger partial charge in [0.05, 0.1) is 6.21 Å². The van der Waals surface area contributed by atoms with Crippen LogP contribution in [-0.2, 0) is 0 Å². The summed E-state index contributed by atoms with van der Waals surface area (Å²) in [7, 11) is 1.75. The Hall–Kier alpha value is -1.94. The third-order valence-corrected chi connectivity index (χ3v) is 2.72. The van der Waals surface area contributed by atoms with Crippen LogP contribution in [0.5, 0.6) is 0 Å². The second kappa shape index (κ2) is 5.41. The van der Waals surface area contributed by atoms with Gasteiger partial charge in [-0.1, -0.05) is 42.5 Å². The number of nitrogens with zero attached hydrogens (tertiary/aromatic N) is 1. The number of hydrazone groups is 1. The van der Waals surface area contributed by atoms with Crippen molar-refractivity contribution in [2.75, 3.05) is 7.05 Å². The molecule has 2 aromatic carbocycles. The highest BCUT2D eigenvalue weighted by molar-refractivity contribution is 7.80. The summed E-state index contributed by atoms with van der Waals surface area (Å²) in [4.78, 5) is 0. The molecule has 0 aliphatic rings. The molecule has 86 valence electrons. The van der Waals surface area contributed by atoms with Crippen LogP contribution < -0.4 is 10.7 Å². The van der Waals surface area contributed by atoms with E-state index < -0.39 is 0 Å². The normalized spacial score (nSPS) is 10.6. The molecule has 0 heterocycles. The molecule has 0 radical (unpaired) electrons. The van der Waals surface area contributed by atoms with Crippen LogP contribution in [0.4, 0.5) is 0 Å². The van der Waals surface area contributed by atoms with Gasteiger partial charge in [0, 0.05) is 12.6 Å². The van der Waals surface area contributed by atoms with E-state index in [1.165, 1.54) is 10.8 Å². The fourth-order valence-corrected chi connectivity index (χ4v) is 1.63. The Labute approximate surface area is 106 Å². The lowest BCUT2D eigenvalue weighted by molar-refractivity contribution is 0.982. The van der Waals surface area contributed by atoms with Gasteiger partial charge in [0.2, 0.25) is 0 Å². The van der Waals surface area contributed by atoms with Crippen molar-refractivity contribution in [1.29, 1.82) is 0 Å². The molecule has 0 aromatic heterocycles. The van der Waals surface area contributed by atoms with Gasteiger partial charge in [-0.05, 0) is 23.0 Å². The first kappa shape index (κ1) is 11.5. The van der Waals surface area contributed by atoms with Crippen LogP contribution in [0.25, 0.3) is 10.8 Å². The zero-order chi connectivity index (χ0) is 12.1. The number of benzene rings is 2. The molecule has 0 unspecified atom stereocenters. The first-order valence-electron chi connectivity index (χ1n) is 5.30. The summed E-state index contributed by atoms with van der Waals surface area (Å²) in [6, 6.07) is 14.3. The van der Waals surface area contributed by atoms with E-state index in [2.05, 4.69) is 34.0 Å². The SMILES string of the molecule is CNC(=S)N/N=C\c1cccc2ccccc12. The van der Waals surface area contributed by atoms with Gasteiger partial charge in [-0.25, -0.2) is 0 Å². The third-order valence-electron chi connectivity index (χ3n) is 2.42. The molecule has 2 aromatic rings. The molecule has 0 spiro atoms. The number of rotatable bonds is 2. The molecule has 0 amide bonds. The van der Waals surface area contributed by atoms with Crippen molar-refractivity contribution in [3.05, 3.63) is 48.0 Å². The molecular formula is C13H13N3S. The number of hydrogen-bond acceptors (Lipinski definition) is 2. The van der Waals surface area contributed by atoms with Gasteiger partial charge in [0.15, 0.2) is 5.11 Å². The van der Waals surface area contributed by atoms with E-state index in [1.54, 1.807) is 13.3 Å². The van der Waals surface area contributed by atoms with Crippen LogP contribution in [0.15, 0.2) is 47.6 Å². The number of fused-ring (bicyclic) bond motifs is 1. The summed E-state index contributed by atoms with van der Waals surface area (Å²) >= 11 is 4.93. The Morgan fingerprint density at radius 2 is 1.94 bits per heavy atom. The highest BCUT2D eigenvalue weighted by Gasteiger charge is 1.96. The van der Waals surface area contributed by atoms with E-state index in [1.807, 2.05) is 24.3 Å². The summed E-state index contributed by atoms with van der Waals surface area (Å²) in [6.45, 7) is 0. The number of thiocarbonyl (C=S) groups is 1. The summed E-state index contributed by atoms with van der Waals surface area (Å²) in [5.41, 5.74) is 3.80. The van der Waals surface area contributed by atoms with Gasteiger partial charge in [-0.2, -0.15) is 5.10 Å². The summed E-state index contributed by atoms with van der Waals surface area (Å²) in [5, 5.41) is 9.76. The van der Waals surface area contributed by atoms with Crippen molar-refractivity contribution < 1.29 is 0 Å². The minimum absolute atomic E-state index is 0.501. The Bertz CT molecular complexity index is 558. The van der Waals surface area contributed by atoms with Crippen LogP contribution in [0, 0.1) is 0 Å². The predicted molar refractivity (Wildman–Crippen MR) is 76.3 cm³/mol. The summed E-state index contributed by atoms with van der Waals surface area (Å²) in [6.07, 6.45) is 1.77. The molecule has 2 rings (SSSR count). The molecule has 0 aliphatic carbocycles. The standard InChI is InChI=1S/C13H13N3S/c1-14-13(17)16-15-9-11-7-4-6-10-5-2-3-8-12(10)11/h2-9H,1H3,(H2,14,16,17)/b15-9-. The zero-order valence-corrected chi connectivity index (χ0v) is 10.3. The molecule has 0 atom stereocenters. The lowest BCUT2D eigenvalue weighted by Gasteiger charge is -2.02. The Kier molecular flexibility index (Phi) is 3.67. The molecule has 4 heteroatoms. The number of nitrogens with one attached hydrogen (secondary N) is 2. The van der Waals surface area contributed by atoms with Gasteiger partial charge in [0.25, 0.3) is 0 Å². The lowest BCUT2D eigenvalue weighted by Crippen LogP contribution is -2.28. The molecule has 17 heavy (non-hydrogen) atoms. The third kappa shape index (κ3) is 2.79. The van der Waals surface area contributed by atoms with Crippen molar-refractivity contribution >= 4 is 34.3 Å². The number of hydrogen-bond donors (Lipinski definition) is 2. The van der Waals surface area contributed by atoms with Gasteiger partial charge in [0.1, 0.15) is 0 Å². The molecular weight excluding hydrogens is 230 g/mol. The fourth-order valence-electron chi connectivity index (χ4n) is 1.58. The maximum absolute atomic E-state index is 4.93. The predicted octanol–water partition coefficient (Wildman–Crippen LogP) is 2.27. The van der Waals surface area contributed by atoms with E-state index in [4.69, 9.17) is 12.2 Å². The molecule has 0 saturated heterocycles. The van der Waals surface area contributed by atoms with E-state index in [0.717, 1.165) is 5.56 Å². The van der Waals surface area contributed by atoms with Crippen molar-refractivity contribution in [2.45, 2.75) is 0 Å². The zero-order valence-electron chi connectivity index (χ0n) is 9.47. The van der Waals surface area contributed by atoms with Gasteiger partial charge in [-0.15, -0.1) is 0 Å².